The molecule has 8 nitrogen and oxygen atoms in total. The summed E-state index contributed by atoms with van der Waals surface area (Å²) in [5, 5.41) is 2.62. The van der Waals surface area contributed by atoms with E-state index in [0.717, 1.165) is 12.1 Å². The fraction of sp³-hybridized carbons (Fsp3) is 0.333. The molecule has 1 aliphatic heterocycles. The van der Waals surface area contributed by atoms with E-state index in [1.165, 1.54) is 39.7 Å². The molecule has 1 fully saturated rings. The minimum atomic E-state index is -3.93. The summed E-state index contributed by atoms with van der Waals surface area (Å²) in [6.45, 7) is 4.61. The number of hydrogen-bond acceptors (Lipinski definition) is 5. The average Bonchev–Trinajstić information content (AvgIpc) is 3.40. The van der Waals surface area contributed by atoms with Crippen molar-refractivity contribution in [2.45, 2.75) is 44.3 Å². The van der Waals surface area contributed by atoms with Crippen molar-refractivity contribution >= 4 is 21.8 Å². The van der Waals surface area contributed by atoms with Crippen molar-refractivity contribution in [1.82, 2.24) is 14.5 Å². The highest BCUT2D eigenvalue weighted by Gasteiger charge is 2.43. The second kappa shape index (κ2) is 11.0. The van der Waals surface area contributed by atoms with Crippen LogP contribution >= 0.6 is 0 Å². The van der Waals surface area contributed by atoms with E-state index < -0.39 is 45.6 Å². The molecule has 11 heteroatoms. The zero-order valence-corrected chi connectivity index (χ0v) is 22.0. The molecule has 3 aromatic rings. The number of sulfonamides is 1. The van der Waals surface area contributed by atoms with Crippen LogP contribution < -0.4 is 5.32 Å². The highest BCUT2D eigenvalue weighted by molar-refractivity contribution is 7.89. The molecule has 38 heavy (non-hydrogen) atoms. The lowest BCUT2D eigenvalue weighted by Gasteiger charge is -2.44. The zero-order chi connectivity index (χ0) is 27.6. The Morgan fingerprint density at radius 2 is 1.71 bits per heavy atom. The molecule has 0 aliphatic carbocycles. The first-order valence-electron chi connectivity index (χ1n) is 12.2. The van der Waals surface area contributed by atoms with Gasteiger partial charge < -0.3 is 14.6 Å². The Morgan fingerprint density at radius 3 is 2.29 bits per heavy atom. The van der Waals surface area contributed by atoms with Crippen LogP contribution in [0.3, 0.4) is 0 Å². The number of rotatable bonds is 7. The van der Waals surface area contributed by atoms with Crippen LogP contribution in [0.5, 0.6) is 0 Å². The van der Waals surface area contributed by atoms with Crippen LogP contribution in [0.4, 0.5) is 8.78 Å². The van der Waals surface area contributed by atoms with Crippen molar-refractivity contribution < 1.29 is 31.2 Å². The lowest BCUT2D eigenvalue weighted by Crippen LogP contribution is -2.65. The van der Waals surface area contributed by atoms with E-state index in [9.17, 15) is 26.8 Å². The van der Waals surface area contributed by atoms with Crippen molar-refractivity contribution in [2.75, 3.05) is 13.1 Å². The first kappa shape index (κ1) is 27.5. The maximum Gasteiger partial charge on any atom is 0.244 e. The molecule has 2 aromatic carbocycles. The zero-order valence-electron chi connectivity index (χ0n) is 21.2. The Bertz CT molecular complexity index is 1390. The molecule has 202 valence electrons. The van der Waals surface area contributed by atoms with Crippen molar-refractivity contribution in [2.24, 2.45) is 5.92 Å². The van der Waals surface area contributed by atoms with Crippen molar-refractivity contribution in [1.29, 1.82) is 0 Å². The lowest BCUT2D eigenvalue weighted by molar-refractivity contribution is -0.148. The average molecular weight is 546 g/mol. The van der Waals surface area contributed by atoms with Gasteiger partial charge in [0.1, 0.15) is 23.4 Å². The lowest BCUT2D eigenvalue weighted by atomic mass is 10.0. The van der Waals surface area contributed by atoms with Crippen molar-refractivity contribution in [3.8, 4) is 11.3 Å². The SMILES string of the molecule is CC(C)C(=O)N1C(C)CN(S(=O)(=O)c2ccccc2)CC1C(=O)NCc1cc(F)c(-c2ccco2)c(F)c1. The Labute approximate surface area is 220 Å². The maximum atomic E-state index is 14.7. The molecular weight excluding hydrogens is 516 g/mol. The minimum absolute atomic E-state index is 0.0180. The van der Waals surface area contributed by atoms with Gasteiger partial charge in [0.25, 0.3) is 0 Å². The smallest absolute Gasteiger partial charge is 0.244 e. The van der Waals surface area contributed by atoms with Crippen molar-refractivity contribution in [3.05, 3.63) is 78.1 Å². The largest absolute Gasteiger partial charge is 0.464 e. The fourth-order valence-electron chi connectivity index (χ4n) is 4.55. The molecule has 0 saturated carbocycles. The predicted molar refractivity (Wildman–Crippen MR) is 136 cm³/mol. The number of nitrogens with zero attached hydrogens (tertiary/aromatic N) is 2. The topological polar surface area (TPSA) is 99.9 Å². The number of carbonyl (C=O) groups excluding carboxylic acids is 2. The molecule has 2 unspecified atom stereocenters. The normalized spacial score (nSPS) is 18.5. The number of piperazine rings is 1. The quantitative estimate of drug-likeness (QED) is 0.487. The van der Waals surface area contributed by atoms with E-state index in [4.69, 9.17) is 4.42 Å². The summed E-state index contributed by atoms with van der Waals surface area (Å²) in [5.41, 5.74) is -0.162. The van der Waals surface area contributed by atoms with Gasteiger partial charge in [-0.05, 0) is 48.9 Å². The fourth-order valence-corrected chi connectivity index (χ4v) is 6.10. The van der Waals surface area contributed by atoms with Gasteiger partial charge >= 0.3 is 0 Å². The Morgan fingerprint density at radius 1 is 1.05 bits per heavy atom. The number of furan rings is 1. The van der Waals surface area contributed by atoms with Gasteiger partial charge in [0.05, 0.1) is 16.7 Å². The molecule has 1 N–H and O–H groups in total. The van der Waals surface area contributed by atoms with Gasteiger partial charge in [-0.3, -0.25) is 9.59 Å². The Kier molecular flexibility index (Phi) is 7.98. The van der Waals surface area contributed by atoms with Gasteiger partial charge in [-0.25, -0.2) is 17.2 Å². The van der Waals surface area contributed by atoms with E-state index in [0.29, 0.717) is 0 Å². The third-order valence-electron chi connectivity index (χ3n) is 6.42. The summed E-state index contributed by atoms with van der Waals surface area (Å²) in [5.74, 6) is -3.03. The molecule has 1 saturated heterocycles. The van der Waals surface area contributed by atoms with Gasteiger partial charge in [0.2, 0.25) is 21.8 Å². The van der Waals surface area contributed by atoms with Crippen LogP contribution in [0.1, 0.15) is 26.3 Å². The van der Waals surface area contributed by atoms with E-state index in [-0.39, 0.29) is 47.3 Å². The van der Waals surface area contributed by atoms with Crippen LogP contribution in [-0.4, -0.2) is 54.6 Å². The van der Waals surface area contributed by atoms with Crippen LogP contribution in [0.15, 0.2) is 70.2 Å². The van der Waals surface area contributed by atoms with Gasteiger partial charge in [0, 0.05) is 31.6 Å². The number of hydrogen-bond donors (Lipinski definition) is 1. The molecule has 1 aromatic heterocycles. The van der Waals surface area contributed by atoms with Gasteiger partial charge in [-0.2, -0.15) is 4.31 Å². The number of benzene rings is 2. The second-order valence-electron chi connectivity index (χ2n) is 9.53. The molecular formula is C27H29F2N3O5S. The number of carbonyl (C=O) groups is 2. The second-order valence-corrected chi connectivity index (χ2v) is 11.5. The molecule has 2 heterocycles. The Balaban J connectivity index is 1.57. The summed E-state index contributed by atoms with van der Waals surface area (Å²) in [7, 11) is -3.93. The Hall–Kier alpha value is -3.57. The van der Waals surface area contributed by atoms with Crippen LogP contribution in [0.25, 0.3) is 11.3 Å². The minimum Gasteiger partial charge on any atom is -0.464 e. The van der Waals surface area contributed by atoms with Gasteiger partial charge in [-0.1, -0.05) is 32.0 Å². The third-order valence-corrected chi connectivity index (χ3v) is 8.27. The summed E-state index contributed by atoms with van der Waals surface area (Å²) in [6, 6.07) is 11.3. The van der Waals surface area contributed by atoms with E-state index in [1.807, 2.05) is 0 Å². The molecule has 0 bridgehead atoms. The standard InChI is InChI=1S/C27H29F2N3O5S/c1-17(2)27(34)32-18(3)15-31(38(35,36)20-8-5-4-6-9-20)16-23(32)26(33)30-14-19-12-21(28)25(22(29)13-19)24-10-7-11-37-24/h4-13,17-18,23H,14-16H2,1-3H3,(H,30,33). The van der Waals surface area contributed by atoms with E-state index in [1.54, 1.807) is 39.0 Å². The molecule has 1 aliphatic rings. The van der Waals surface area contributed by atoms with Crippen LogP contribution in [0.2, 0.25) is 0 Å². The molecule has 2 atom stereocenters. The van der Waals surface area contributed by atoms with Gasteiger partial charge in [-0.15, -0.1) is 0 Å². The van der Waals surface area contributed by atoms with Crippen molar-refractivity contribution in [3.63, 3.8) is 0 Å². The summed E-state index contributed by atoms with van der Waals surface area (Å²) in [6.07, 6.45) is 1.30. The summed E-state index contributed by atoms with van der Waals surface area (Å²) >= 11 is 0. The molecule has 0 radical (unpaired) electrons. The number of amides is 2. The first-order chi connectivity index (χ1) is 18.0. The van der Waals surface area contributed by atoms with Crippen LogP contribution in [-0.2, 0) is 26.2 Å². The molecule has 4 rings (SSSR count). The number of nitrogens with one attached hydrogen (secondary N) is 1. The monoisotopic (exact) mass is 545 g/mol. The highest BCUT2D eigenvalue weighted by Crippen LogP contribution is 2.28. The van der Waals surface area contributed by atoms with Crippen LogP contribution in [0, 0.1) is 17.6 Å². The third kappa shape index (κ3) is 5.48. The van der Waals surface area contributed by atoms with E-state index >= 15 is 0 Å². The predicted octanol–water partition coefficient (Wildman–Crippen LogP) is 3.79. The maximum absolute atomic E-state index is 14.7. The number of halogens is 2. The van der Waals surface area contributed by atoms with E-state index in [2.05, 4.69) is 5.32 Å². The molecule has 2 amide bonds. The molecule has 0 spiro atoms. The van der Waals surface area contributed by atoms with Gasteiger partial charge in [0.15, 0.2) is 0 Å². The summed E-state index contributed by atoms with van der Waals surface area (Å²) < 4.78 is 62.2. The summed E-state index contributed by atoms with van der Waals surface area (Å²) in [4.78, 5) is 27.9. The highest BCUT2D eigenvalue weighted by atomic mass is 32.2. The first-order valence-corrected chi connectivity index (χ1v) is 13.6.